The van der Waals surface area contributed by atoms with E-state index in [1.165, 1.54) is 0 Å². The zero-order chi connectivity index (χ0) is 13.7. The topological polar surface area (TPSA) is 44.5 Å². The van der Waals surface area contributed by atoms with Crippen LogP contribution in [0.15, 0.2) is 53.0 Å². The van der Waals surface area contributed by atoms with Crippen LogP contribution < -0.4 is 15.2 Å². The average molecular weight is 322 g/mol. The monoisotopic (exact) mass is 321 g/mol. The van der Waals surface area contributed by atoms with Gasteiger partial charge in [0.15, 0.2) is 0 Å². The molecule has 2 N–H and O–H groups in total. The molecule has 0 aromatic heterocycles. The first-order chi connectivity index (χ1) is 9.22. The molecule has 0 fully saturated rings. The minimum atomic E-state index is -0.160. The summed E-state index contributed by atoms with van der Waals surface area (Å²) in [4.78, 5) is 0. The fourth-order valence-electron chi connectivity index (χ4n) is 1.75. The van der Waals surface area contributed by atoms with Gasteiger partial charge in [0.25, 0.3) is 0 Å². The lowest BCUT2D eigenvalue weighted by Gasteiger charge is -2.18. The Balaban J connectivity index is 2.12. The van der Waals surface area contributed by atoms with Gasteiger partial charge in [-0.15, -0.1) is 0 Å². The first-order valence-corrected chi connectivity index (χ1v) is 6.78. The molecule has 0 saturated heterocycles. The van der Waals surface area contributed by atoms with Crippen molar-refractivity contribution in [2.75, 3.05) is 13.7 Å². The molecule has 1 unspecified atom stereocenters. The van der Waals surface area contributed by atoms with Gasteiger partial charge in [-0.1, -0.05) is 28.1 Å². The highest BCUT2D eigenvalue weighted by Crippen LogP contribution is 2.24. The molecule has 4 heteroatoms. The summed E-state index contributed by atoms with van der Waals surface area (Å²) < 4.78 is 12.1. The second-order valence-corrected chi connectivity index (χ2v) is 4.98. The van der Waals surface area contributed by atoms with Gasteiger partial charge >= 0.3 is 0 Å². The van der Waals surface area contributed by atoms with Crippen molar-refractivity contribution in [2.45, 2.75) is 6.10 Å². The van der Waals surface area contributed by atoms with Crippen molar-refractivity contribution in [1.29, 1.82) is 0 Å². The lowest BCUT2D eigenvalue weighted by Crippen LogP contribution is -2.18. The van der Waals surface area contributed by atoms with Gasteiger partial charge in [-0.2, -0.15) is 0 Å². The van der Waals surface area contributed by atoms with Gasteiger partial charge in [-0.25, -0.2) is 0 Å². The Labute approximate surface area is 121 Å². The predicted octanol–water partition coefficient (Wildman–Crippen LogP) is 3.54. The number of rotatable bonds is 5. The molecule has 0 spiro atoms. The summed E-state index contributed by atoms with van der Waals surface area (Å²) in [5.41, 5.74) is 6.82. The molecule has 2 aromatic rings. The number of benzene rings is 2. The van der Waals surface area contributed by atoms with Gasteiger partial charge in [0.2, 0.25) is 0 Å². The Bertz CT molecular complexity index is 511. The Morgan fingerprint density at radius 1 is 1.00 bits per heavy atom. The molecule has 0 saturated carbocycles. The molecule has 0 amide bonds. The lowest BCUT2D eigenvalue weighted by molar-refractivity contribution is 0.214. The van der Waals surface area contributed by atoms with Crippen molar-refractivity contribution in [1.82, 2.24) is 0 Å². The zero-order valence-corrected chi connectivity index (χ0v) is 12.3. The molecule has 2 rings (SSSR count). The second-order valence-electron chi connectivity index (χ2n) is 4.07. The highest BCUT2D eigenvalue weighted by Gasteiger charge is 2.11. The average Bonchev–Trinajstić information content (AvgIpc) is 2.47. The van der Waals surface area contributed by atoms with E-state index < -0.39 is 0 Å². The molecule has 100 valence electrons. The van der Waals surface area contributed by atoms with Crippen LogP contribution in [-0.2, 0) is 0 Å². The van der Waals surface area contributed by atoms with Crippen molar-refractivity contribution in [3.05, 3.63) is 58.6 Å². The molecule has 0 bridgehead atoms. The molecule has 1 atom stereocenters. The number of halogens is 1. The van der Waals surface area contributed by atoms with Gasteiger partial charge < -0.3 is 15.2 Å². The number of ether oxygens (including phenoxy) is 2. The van der Waals surface area contributed by atoms with E-state index >= 15 is 0 Å². The van der Waals surface area contributed by atoms with E-state index in [9.17, 15) is 0 Å². The smallest absolute Gasteiger partial charge is 0.136 e. The molecular formula is C15H16BrNO2. The van der Waals surface area contributed by atoms with Crippen LogP contribution in [-0.4, -0.2) is 13.7 Å². The minimum Gasteiger partial charge on any atom is -0.497 e. The van der Waals surface area contributed by atoms with E-state index in [0.29, 0.717) is 6.54 Å². The molecule has 0 aliphatic heterocycles. The summed E-state index contributed by atoms with van der Waals surface area (Å²) >= 11 is 3.40. The second kappa shape index (κ2) is 6.59. The van der Waals surface area contributed by atoms with Gasteiger partial charge in [0, 0.05) is 11.0 Å². The zero-order valence-electron chi connectivity index (χ0n) is 10.7. The van der Waals surface area contributed by atoms with Gasteiger partial charge in [0.05, 0.1) is 7.11 Å². The van der Waals surface area contributed by atoms with Gasteiger partial charge in [-0.3, -0.25) is 0 Å². The maximum absolute atomic E-state index is 5.89. The van der Waals surface area contributed by atoms with Crippen molar-refractivity contribution < 1.29 is 9.47 Å². The maximum Gasteiger partial charge on any atom is 0.136 e. The summed E-state index contributed by atoms with van der Waals surface area (Å²) in [6.45, 7) is 0.419. The molecule has 0 aliphatic carbocycles. The molecule has 3 nitrogen and oxygen atoms in total. The lowest BCUT2D eigenvalue weighted by atomic mass is 10.1. The third kappa shape index (κ3) is 3.72. The molecule has 0 heterocycles. The number of hydrogen-bond donors (Lipinski definition) is 1. The highest BCUT2D eigenvalue weighted by atomic mass is 79.9. The highest BCUT2D eigenvalue weighted by molar-refractivity contribution is 9.10. The Kier molecular flexibility index (Phi) is 4.82. The number of nitrogens with two attached hydrogens (primary N) is 1. The summed E-state index contributed by atoms with van der Waals surface area (Å²) in [6, 6.07) is 15.5. The van der Waals surface area contributed by atoms with Crippen LogP contribution in [0.5, 0.6) is 11.5 Å². The number of methoxy groups -OCH3 is 1. The SMILES string of the molecule is COc1ccc(C(CN)Oc2ccc(Br)cc2)cc1. The molecule has 0 aliphatic rings. The van der Waals surface area contributed by atoms with E-state index in [2.05, 4.69) is 15.9 Å². The third-order valence-corrected chi connectivity index (χ3v) is 3.32. The van der Waals surface area contributed by atoms with Crippen LogP contribution in [0.2, 0.25) is 0 Å². The molecular weight excluding hydrogens is 306 g/mol. The largest absolute Gasteiger partial charge is 0.497 e. The normalized spacial score (nSPS) is 11.9. The predicted molar refractivity (Wildman–Crippen MR) is 79.6 cm³/mol. The first kappa shape index (κ1) is 13.9. The van der Waals surface area contributed by atoms with Crippen molar-refractivity contribution in [3.63, 3.8) is 0 Å². The van der Waals surface area contributed by atoms with E-state index in [4.69, 9.17) is 15.2 Å². The summed E-state index contributed by atoms with van der Waals surface area (Å²) in [7, 11) is 1.65. The Morgan fingerprint density at radius 3 is 2.11 bits per heavy atom. The van der Waals surface area contributed by atoms with Crippen molar-refractivity contribution in [2.24, 2.45) is 5.73 Å². The summed E-state index contributed by atoms with van der Waals surface area (Å²) in [6.07, 6.45) is -0.160. The minimum absolute atomic E-state index is 0.160. The first-order valence-electron chi connectivity index (χ1n) is 5.99. The molecule has 0 radical (unpaired) electrons. The Morgan fingerprint density at radius 2 is 1.58 bits per heavy atom. The van der Waals surface area contributed by atoms with E-state index in [1.807, 2.05) is 48.5 Å². The third-order valence-electron chi connectivity index (χ3n) is 2.79. The fourth-order valence-corrected chi connectivity index (χ4v) is 2.01. The summed E-state index contributed by atoms with van der Waals surface area (Å²) in [5, 5.41) is 0. The van der Waals surface area contributed by atoms with Crippen molar-refractivity contribution >= 4 is 15.9 Å². The van der Waals surface area contributed by atoms with Crippen LogP contribution in [0.25, 0.3) is 0 Å². The molecule has 2 aromatic carbocycles. The van der Waals surface area contributed by atoms with Gasteiger partial charge in [-0.05, 0) is 42.0 Å². The fraction of sp³-hybridized carbons (Fsp3) is 0.200. The van der Waals surface area contributed by atoms with Crippen LogP contribution in [0.3, 0.4) is 0 Å². The van der Waals surface area contributed by atoms with Crippen LogP contribution in [0.4, 0.5) is 0 Å². The van der Waals surface area contributed by atoms with E-state index in [0.717, 1.165) is 21.5 Å². The van der Waals surface area contributed by atoms with Crippen LogP contribution >= 0.6 is 15.9 Å². The van der Waals surface area contributed by atoms with E-state index in [1.54, 1.807) is 7.11 Å². The molecule has 19 heavy (non-hydrogen) atoms. The van der Waals surface area contributed by atoms with E-state index in [-0.39, 0.29) is 6.10 Å². The summed E-state index contributed by atoms with van der Waals surface area (Å²) in [5.74, 6) is 1.62. The maximum atomic E-state index is 5.89. The van der Waals surface area contributed by atoms with Gasteiger partial charge in [0.1, 0.15) is 17.6 Å². The number of hydrogen-bond acceptors (Lipinski definition) is 3. The van der Waals surface area contributed by atoms with Crippen LogP contribution in [0.1, 0.15) is 11.7 Å². The van der Waals surface area contributed by atoms with Crippen LogP contribution in [0, 0.1) is 0 Å². The van der Waals surface area contributed by atoms with Crippen molar-refractivity contribution in [3.8, 4) is 11.5 Å². The standard InChI is InChI=1S/C15H16BrNO2/c1-18-13-6-2-11(3-7-13)15(10-17)19-14-8-4-12(16)5-9-14/h2-9,15H,10,17H2,1H3. The Hall–Kier alpha value is -1.52. The quantitative estimate of drug-likeness (QED) is 0.916.